The summed E-state index contributed by atoms with van der Waals surface area (Å²) < 4.78 is 2.13. The van der Waals surface area contributed by atoms with Crippen molar-refractivity contribution in [3.05, 3.63) is 69.7 Å². The summed E-state index contributed by atoms with van der Waals surface area (Å²) in [7, 11) is 2.05. The van der Waals surface area contributed by atoms with Crippen LogP contribution < -0.4 is 10.5 Å². The van der Waals surface area contributed by atoms with Gasteiger partial charge in [0.05, 0.1) is 10.9 Å². The van der Waals surface area contributed by atoms with Crippen molar-refractivity contribution in [2.75, 3.05) is 18.5 Å². The molecule has 118 valence electrons. The van der Waals surface area contributed by atoms with E-state index in [4.69, 9.17) is 12.2 Å². The summed E-state index contributed by atoms with van der Waals surface area (Å²) in [6.45, 7) is 1.47. The van der Waals surface area contributed by atoms with E-state index in [1.165, 1.54) is 5.69 Å². The van der Waals surface area contributed by atoms with Crippen molar-refractivity contribution in [1.82, 2.24) is 9.55 Å². The van der Waals surface area contributed by atoms with Gasteiger partial charge < -0.3 is 9.88 Å². The third-order valence-electron chi connectivity index (χ3n) is 3.96. The van der Waals surface area contributed by atoms with E-state index in [1.54, 1.807) is 4.57 Å². The number of rotatable bonds is 5. The summed E-state index contributed by atoms with van der Waals surface area (Å²) in [5, 5.41) is 0.678. The molecule has 0 amide bonds. The highest BCUT2D eigenvalue weighted by atomic mass is 32.1. The Bertz CT molecular complexity index is 915. The zero-order valence-corrected chi connectivity index (χ0v) is 13.8. The highest BCUT2D eigenvalue weighted by Crippen LogP contribution is 2.11. The molecule has 1 N–H and O–H groups in total. The zero-order chi connectivity index (χ0) is 16.2. The molecule has 4 nitrogen and oxygen atoms in total. The van der Waals surface area contributed by atoms with Crippen molar-refractivity contribution < 1.29 is 0 Å². The van der Waals surface area contributed by atoms with Gasteiger partial charge in [-0.15, -0.1) is 0 Å². The molecule has 0 spiro atoms. The maximum atomic E-state index is 12.6. The Morgan fingerprint density at radius 3 is 2.57 bits per heavy atom. The predicted molar refractivity (Wildman–Crippen MR) is 97.7 cm³/mol. The number of nitrogens with one attached hydrogen (secondary N) is 1. The van der Waals surface area contributed by atoms with Crippen molar-refractivity contribution in [2.45, 2.75) is 13.0 Å². The molecule has 0 unspecified atom stereocenters. The van der Waals surface area contributed by atoms with Gasteiger partial charge in [0.15, 0.2) is 4.77 Å². The molecule has 23 heavy (non-hydrogen) atoms. The maximum Gasteiger partial charge on any atom is 0.262 e. The van der Waals surface area contributed by atoms with Gasteiger partial charge in [0.25, 0.3) is 5.56 Å². The van der Waals surface area contributed by atoms with Crippen molar-refractivity contribution >= 4 is 28.8 Å². The van der Waals surface area contributed by atoms with Crippen LogP contribution in [0.4, 0.5) is 5.69 Å². The van der Waals surface area contributed by atoms with Crippen LogP contribution in [0.3, 0.4) is 0 Å². The molecule has 0 saturated heterocycles. The molecule has 0 aliphatic carbocycles. The average Bonchev–Trinajstić information content (AvgIpc) is 2.58. The van der Waals surface area contributed by atoms with Crippen LogP contribution in [0.25, 0.3) is 10.9 Å². The lowest BCUT2D eigenvalue weighted by atomic mass is 10.2. The van der Waals surface area contributed by atoms with E-state index in [-0.39, 0.29) is 5.56 Å². The molecular formula is C18H19N3OS. The van der Waals surface area contributed by atoms with Crippen LogP contribution in [0.2, 0.25) is 0 Å². The van der Waals surface area contributed by atoms with Crippen LogP contribution >= 0.6 is 12.2 Å². The fourth-order valence-electron chi connectivity index (χ4n) is 2.68. The SMILES string of the molecule is CN(CCCn1c(=S)[nH]c2ccccc2c1=O)c1ccccc1. The van der Waals surface area contributed by atoms with Crippen LogP contribution in [0.15, 0.2) is 59.4 Å². The fraction of sp³-hybridized carbons (Fsp3) is 0.222. The third-order valence-corrected chi connectivity index (χ3v) is 4.28. The highest BCUT2D eigenvalue weighted by molar-refractivity contribution is 7.71. The molecule has 1 aromatic heterocycles. The Labute approximate surface area is 140 Å². The van der Waals surface area contributed by atoms with Gasteiger partial charge in [0.1, 0.15) is 0 Å². The summed E-state index contributed by atoms with van der Waals surface area (Å²) in [5.74, 6) is 0. The lowest BCUT2D eigenvalue weighted by Gasteiger charge is -2.19. The molecular weight excluding hydrogens is 306 g/mol. The molecule has 5 heteroatoms. The van der Waals surface area contributed by atoms with E-state index < -0.39 is 0 Å². The second-order valence-electron chi connectivity index (χ2n) is 5.54. The molecule has 2 aromatic carbocycles. The highest BCUT2D eigenvalue weighted by Gasteiger charge is 2.06. The Kier molecular flexibility index (Phi) is 4.57. The first kappa shape index (κ1) is 15.5. The lowest BCUT2D eigenvalue weighted by Crippen LogP contribution is -2.25. The van der Waals surface area contributed by atoms with E-state index in [2.05, 4.69) is 29.1 Å². The molecule has 0 aliphatic rings. The number of aromatic nitrogens is 2. The smallest absolute Gasteiger partial charge is 0.262 e. The van der Waals surface area contributed by atoms with E-state index >= 15 is 0 Å². The van der Waals surface area contributed by atoms with E-state index in [9.17, 15) is 4.79 Å². The molecule has 0 atom stereocenters. The minimum absolute atomic E-state index is 0.0216. The Balaban J connectivity index is 1.75. The monoisotopic (exact) mass is 325 g/mol. The van der Waals surface area contributed by atoms with E-state index in [1.807, 2.05) is 42.5 Å². The first-order valence-electron chi connectivity index (χ1n) is 7.65. The number of aromatic amines is 1. The Morgan fingerprint density at radius 1 is 1.09 bits per heavy atom. The van der Waals surface area contributed by atoms with Gasteiger partial charge >= 0.3 is 0 Å². The number of benzene rings is 2. The largest absolute Gasteiger partial charge is 0.375 e. The van der Waals surface area contributed by atoms with Crippen LogP contribution in [-0.2, 0) is 6.54 Å². The first-order chi connectivity index (χ1) is 11.2. The second-order valence-corrected chi connectivity index (χ2v) is 5.93. The number of anilines is 1. The molecule has 0 bridgehead atoms. The number of nitrogens with zero attached hydrogens (tertiary/aromatic N) is 2. The van der Waals surface area contributed by atoms with Crippen molar-refractivity contribution in [1.29, 1.82) is 0 Å². The molecule has 1 heterocycles. The summed E-state index contributed by atoms with van der Waals surface area (Å²) in [4.78, 5) is 17.9. The van der Waals surface area contributed by atoms with E-state index in [0.29, 0.717) is 16.7 Å². The van der Waals surface area contributed by atoms with E-state index in [0.717, 1.165) is 18.5 Å². The minimum Gasteiger partial charge on any atom is -0.375 e. The molecule has 0 saturated carbocycles. The van der Waals surface area contributed by atoms with Crippen LogP contribution in [0.5, 0.6) is 0 Å². The number of H-pyrrole nitrogens is 1. The maximum absolute atomic E-state index is 12.6. The number of hydrogen-bond acceptors (Lipinski definition) is 3. The first-order valence-corrected chi connectivity index (χ1v) is 8.06. The summed E-state index contributed by atoms with van der Waals surface area (Å²) in [6, 6.07) is 17.7. The molecule has 0 aliphatic heterocycles. The van der Waals surface area contributed by atoms with Crippen molar-refractivity contribution in [2.24, 2.45) is 0 Å². The topological polar surface area (TPSA) is 41.0 Å². The summed E-state index contributed by atoms with van der Waals surface area (Å²) in [5.41, 5.74) is 1.94. The number of fused-ring (bicyclic) bond motifs is 1. The van der Waals surface area contributed by atoms with Crippen LogP contribution in [-0.4, -0.2) is 23.1 Å². The summed E-state index contributed by atoms with van der Waals surface area (Å²) >= 11 is 5.33. The van der Waals surface area contributed by atoms with Gasteiger partial charge in [-0.3, -0.25) is 9.36 Å². The van der Waals surface area contributed by atoms with Gasteiger partial charge in [0.2, 0.25) is 0 Å². The molecule has 0 radical (unpaired) electrons. The number of para-hydroxylation sites is 2. The Morgan fingerprint density at radius 2 is 1.78 bits per heavy atom. The predicted octanol–water partition coefficient (Wildman–Crippen LogP) is 3.59. The normalized spacial score (nSPS) is 10.8. The second kappa shape index (κ2) is 6.79. The molecule has 0 fully saturated rings. The quantitative estimate of drug-likeness (QED) is 0.729. The van der Waals surface area contributed by atoms with Gasteiger partial charge in [-0.1, -0.05) is 30.3 Å². The van der Waals surface area contributed by atoms with Crippen molar-refractivity contribution in [3.63, 3.8) is 0 Å². The zero-order valence-electron chi connectivity index (χ0n) is 13.0. The number of hydrogen-bond donors (Lipinski definition) is 1. The standard InChI is InChI=1S/C18H19N3OS/c1-20(14-8-3-2-4-9-14)12-7-13-21-17(22)15-10-5-6-11-16(15)19-18(21)23/h2-6,8-11H,7,12-13H2,1H3,(H,19,23). The minimum atomic E-state index is -0.0216. The van der Waals surface area contributed by atoms with Gasteiger partial charge in [-0.2, -0.15) is 0 Å². The van der Waals surface area contributed by atoms with Crippen LogP contribution in [0.1, 0.15) is 6.42 Å². The average molecular weight is 325 g/mol. The fourth-order valence-corrected chi connectivity index (χ4v) is 2.96. The van der Waals surface area contributed by atoms with Crippen LogP contribution in [0, 0.1) is 4.77 Å². The van der Waals surface area contributed by atoms with Crippen molar-refractivity contribution in [3.8, 4) is 0 Å². The van der Waals surface area contributed by atoms with Gasteiger partial charge in [-0.05, 0) is 42.9 Å². The summed E-state index contributed by atoms with van der Waals surface area (Å²) in [6.07, 6.45) is 0.848. The lowest BCUT2D eigenvalue weighted by molar-refractivity contribution is 0.607. The van der Waals surface area contributed by atoms with Gasteiger partial charge in [0, 0.05) is 25.8 Å². The molecule has 3 rings (SSSR count). The Hall–Kier alpha value is -2.40. The van der Waals surface area contributed by atoms with Gasteiger partial charge in [-0.25, -0.2) is 0 Å². The molecule has 3 aromatic rings. The third kappa shape index (κ3) is 3.35.